The summed E-state index contributed by atoms with van der Waals surface area (Å²) < 4.78 is 26.6. The molecule has 7 heteroatoms. The molecule has 1 fully saturated rings. The van der Waals surface area contributed by atoms with Gasteiger partial charge in [0.1, 0.15) is 0 Å². The van der Waals surface area contributed by atoms with Crippen molar-refractivity contribution in [1.29, 1.82) is 0 Å². The Hall–Kier alpha value is -1.44. The maximum Gasteiger partial charge on any atom is 0.241 e. The number of sulfonamides is 1. The van der Waals surface area contributed by atoms with Crippen LogP contribution in [0.3, 0.4) is 0 Å². The van der Waals surface area contributed by atoms with E-state index in [-0.39, 0.29) is 17.3 Å². The van der Waals surface area contributed by atoms with E-state index in [0.29, 0.717) is 19.6 Å². The Bertz CT molecular complexity index is 578. The molecule has 0 bridgehead atoms. The summed E-state index contributed by atoms with van der Waals surface area (Å²) in [6.07, 6.45) is 3.10. The molecule has 0 spiro atoms. The molecule has 0 aliphatic carbocycles. The van der Waals surface area contributed by atoms with Gasteiger partial charge >= 0.3 is 0 Å². The normalized spacial score (nSPS) is 16.0. The first-order valence-electron chi connectivity index (χ1n) is 7.09. The zero-order valence-corrected chi connectivity index (χ0v) is 12.7. The third-order valence-electron chi connectivity index (χ3n) is 3.59. The van der Waals surface area contributed by atoms with Crippen molar-refractivity contribution < 1.29 is 13.2 Å². The van der Waals surface area contributed by atoms with Crippen LogP contribution in [0.4, 0.5) is 0 Å². The average molecular weight is 311 g/mol. The first-order chi connectivity index (χ1) is 10.0. The predicted octanol–water partition coefficient (Wildman–Crippen LogP) is 0.436. The van der Waals surface area contributed by atoms with Crippen molar-refractivity contribution in [3.63, 3.8) is 0 Å². The highest BCUT2D eigenvalue weighted by atomic mass is 32.2. The monoisotopic (exact) mass is 311 g/mol. The molecule has 1 aromatic carbocycles. The maximum atomic E-state index is 12.1. The second kappa shape index (κ2) is 7.02. The third-order valence-corrected chi connectivity index (χ3v) is 5.01. The van der Waals surface area contributed by atoms with E-state index in [0.717, 1.165) is 24.8 Å². The molecule has 1 aliphatic heterocycles. The number of nitrogens with zero attached hydrogens (tertiary/aromatic N) is 1. The molecule has 0 atom stereocenters. The summed E-state index contributed by atoms with van der Waals surface area (Å²) in [5.74, 6) is -0.170. The van der Waals surface area contributed by atoms with Crippen LogP contribution in [-0.4, -0.2) is 38.9 Å². The molecular formula is C14H21N3O3S. The van der Waals surface area contributed by atoms with Crippen LogP contribution in [0.1, 0.15) is 24.8 Å². The summed E-state index contributed by atoms with van der Waals surface area (Å²) in [4.78, 5) is 13.8. The van der Waals surface area contributed by atoms with Crippen molar-refractivity contribution in [2.75, 3.05) is 19.6 Å². The highest BCUT2D eigenvalue weighted by molar-refractivity contribution is 7.89. The van der Waals surface area contributed by atoms with Crippen LogP contribution in [0.2, 0.25) is 0 Å². The number of benzene rings is 1. The van der Waals surface area contributed by atoms with E-state index in [9.17, 15) is 13.2 Å². The van der Waals surface area contributed by atoms with Gasteiger partial charge in [-0.05, 0) is 37.0 Å². The van der Waals surface area contributed by atoms with E-state index < -0.39 is 10.0 Å². The number of amides is 1. The van der Waals surface area contributed by atoms with E-state index >= 15 is 0 Å². The van der Waals surface area contributed by atoms with Crippen molar-refractivity contribution in [3.8, 4) is 0 Å². The van der Waals surface area contributed by atoms with E-state index in [2.05, 4.69) is 4.72 Å². The van der Waals surface area contributed by atoms with Crippen LogP contribution in [-0.2, 0) is 21.4 Å². The minimum Gasteiger partial charge on any atom is -0.342 e. The Balaban J connectivity index is 1.95. The molecule has 3 N–H and O–H groups in total. The van der Waals surface area contributed by atoms with Gasteiger partial charge in [-0.15, -0.1) is 0 Å². The fourth-order valence-electron chi connectivity index (χ4n) is 2.30. The van der Waals surface area contributed by atoms with Crippen LogP contribution >= 0.6 is 0 Å². The van der Waals surface area contributed by atoms with E-state index in [1.54, 1.807) is 17.0 Å². The van der Waals surface area contributed by atoms with Gasteiger partial charge in [-0.25, -0.2) is 13.1 Å². The van der Waals surface area contributed by atoms with Crippen molar-refractivity contribution in [2.45, 2.75) is 30.7 Å². The minimum atomic E-state index is -3.66. The molecule has 0 saturated carbocycles. The van der Waals surface area contributed by atoms with Gasteiger partial charge in [-0.1, -0.05) is 12.1 Å². The largest absolute Gasteiger partial charge is 0.342 e. The summed E-state index contributed by atoms with van der Waals surface area (Å²) in [6.45, 7) is 1.60. The van der Waals surface area contributed by atoms with Gasteiger partial charge in [0, 0.05) is 19.6 Å². The summed E-state index contributed by atoms with van der Waals surface area (Å²) in [6, 6.07) is 6.33. The maximum absolute atomic E-state index is 12.1. The number of likely N-dealkylation sites (tertiary alicyclic amines) is 1. The SMILES string of the molecule is NCc1ccc(S(=O)(=O)NCC(=O)N2CCCCC2)cc1. The van der Waals surface area contributed by atoms with Gasteiger partial charge in [0.25, 0.3) is 0 Å². The van der Waals surface area contributed by atoms with E-state index in [1.807, 2.05) is 0 Å². The summed E-state index contributed by atoms with van der Waals surface area (Å²) >= 11 is 0. The molecule has 0 radical (unpaired) electrons. The Morgan fingerprint density at radius 1 is 1.14 bits per heavy atom. The van der Waals surface area contributed by atoms with E-state index in [4.69, 9.17) is 5.73 Å². The number of rotatable bonds is 5. The molecule has 0 unspecified atom stereocenters. The molecular weight excluding hydrogens is 290 g/mol. The Labute approximate surface area is 125 Å². The first kappa shape index (κ1) is 15.9. The Kier molecular flexibility index (Phi) is 5.33. The molecule has 1 saturated heterocycles. The lowest BCUT2D eigenvalue weighted by atomic mass is 10.1. The third kappa shape index (κ3) is 4.26. The fourth-order valence-corrected chi connectivity index (χ4v) is 3.27. The average Bonchev–Trinajstić information content (AvgIpc) is 2.53. The first-order valence-corrected chi connectivity index (χ1v) is 8.58. The number of nitrogens with one attached hydrogen (secondary N) is 1. The van der Waals surface area contributed by atoms with Crippen molar-refractivity contribution in [3.05, 3.63) is 29.8 Å². The van der Waals surface area contributed by atoms with Crippen molar-refractivity contribution in [2.24, 2.45) is 5.73 Å². The number of hydrogen-bond donors (Lipinski definition) is 2. The molecule has 1 aromatic rings. The lowest BCUT2D eigenvalue weighted by Crippen LogP contribution is -2.42. The number of hydrogen-bond acceptors (Lipinski definition) is 4. The number of carbonyl (C=O) groups is 1. The molecule has 6 nitrogen and oxygen atoms in total. The zero-order valence-electron chi connectivity index (χ0n) is 11.9. The Morgan fingerprint density at radius 2 is 1.76 bits per heavy atom. The van der Waals surface area contributed by atoms with Crippen molar-refractivity contribution >= 4 is 15.9 Å². The fraction of sp³-hybridized carbons (Fsp3) is 0.500. The van der Waals surface area contributed by atoms with Crippen LogP contribution in [0, 0.1) is 0 Å². The topological polar surface area (TPSA) is 92.5 Å². The standard InChI is InChI=1S/C14H21N3O3S/c15-10-12-4-6-13(7-5-12)21(19,20)16-11-14(18)17-8-2-1-3-9-17/h4-7,16H,1-3,8-11,15H2. The summed E-state index contributed by atoms with van der Waals surface area (Å²) in [5, 5.41) is 0. The Morgan fingerprint density at radius 3 is 2.33 bits per heavy atom. The van der Waals surface area contributed by atoms with Crippen LogP contribution in [0.25, 0.3) is 0 Å². The molecule has 0 aromatic heterocycles. The number of piperidine rings is 1. The molecule has 116 valence electrons. The highest BCUT2D eigenvalue weighted by Crippen LogP contribution is 2.11. The lowest BCUT2D eigenvalue weighted by molar-refractivity contribution is -0.130. The quantitative estimate of drug-likeness (QED) is 0.825. The molecule has 1 amide bonds. The van der Waals surface area contributed by atoms with Crippen LogP contribution in [0.5, 0.6) is 0 Å². The van der Waals surface area contributed by atoms with Gasteiger partial charge in [-0.2, -0.15) is 0 Å². The minimum absolute atomic E-state index is 0.145. The van der Waals surface area contributed by atoms with Crippen LogP contribution in [0.15, 0.2) is 29.2 Å². The molecule has 21 heavy (non-hydrogen) atoms. The molecule has 1 aliphatic rings. The van der Waals surface area contributed by atoms with Gasteiger partial charge in [0.05, 0.1) is 11.4 Å². The summed E-state index contributed by atoms with van der Waals surface area (Å²) in [5.41, 5.74) is 6.33. The van der Waals surface area contributed by atoms with Crippen LogP contribution < -0.4 is 10.5 Å². The lowest BCUT2D eigenvalue weighted by Gasteiger charge is -2.26. The van der Waals surface area contributed by atoms with Gasteiger partial charge in [0.2, 0.25) is 15.9 Å². The predicted molar refractivity (Wildman–Crippen MR) is 80.0 cm³/mol. The number of nitrogens with two attached hydrogens (primary N) is 1. The van der Waals surface area contributed by atoms with Gasteiger partial charge in [0.15, 0.2) is 0 Å². The smallest absolute Gasteiger partial charge is 0.241 e. The van der Waals surface area contributed by atoms with Gasteiger partial charge in [-0.3, -0.25) is 4.79 Å². The van der Waals surface area contributed by atoms with E-state index in [1.165, 1.54) is 12.1 Å². The molecule has 1 heterocycles. The summed E-state index contributed by atoms with van der Waals surface area (Å²) in [7, 11) is -3.66. The highest BCUT2D eigenvalue weighted by Gasteiger charge is 2.20. The molecule has 2 rings (SSSR count). The van der Waals surface area contributed by atoms with Crippen molar-refractivity contribution in [1.82, 2.24) is 9.62 Å². The number of carbonyl (C=O) groups excluding carboxylic acids is 1. The zero-order chi connectivity index (χ0) is 15.3. The van der Waals surface area contributed by atoms with Gasteiger partial charge < -0.3 is 10.6 Å². The second-order valence-corrected chi connectivity index (χ2v) is 6.88. The second-order valence-electron chi connectivity index (χ2n) is 5.11.